The summed E-state index contributed by atoms with van der Waals surface area (Å²) in [5.74, 6) is -1.12. The number of para-hydroxylation sites is 1. The molecule has 3 aromatic rings. The van der Waals surface area contributed by atoms with Crippen molar-refractivity contribution in [1.29, 1.82) is 0 Å². The number of halogens is 1. The van der Waals surface area contributed by atoms with Gasteiger partial charge >= 0.3 is 12.0 Å². The largest absolute Gasteiger partial charge is 0.452 e. The molecular weight excluding hydrogens is 406 g/mol. The number of carbonyl (C=O) groups excluding carboxylic acids is 3. The van der Waals surface area contributed by atoms with E-state index in [1.54, 1.807) is 48.5 Å². The average molecular weight is 424 g/mol. The second-order valence-electron chi connectivity index (χ2n) is 6.15. The lowest BCUT2D eigenvalue weighted by Crippen LogP contribution is -2.21. The summed E-state index contributed by atoms with van der Waals surface area (Å²) in [5, 5.41) is 8.50. The van der Waals surface area contributed by atoms with Gasteiger partial charge in [-0.2, -0.15) is 0 Å². The number of carbonyl (C=O) groups is 3. The minimum Gasteiger partial charge on any atom is -0.452 e. The van der Waals surface area contributed by atoms with Crippen LogP contribution in [-0.2, 0) is 9.53 Å². The SMILES string of the molecule is O=C(COC(=O)c1ccc(NC(=O)Nc2ccccc2)cc1)Nc1ccc(Cl)cc1. The minimum absolute atomic E-state index is 0.253. The van der Waals surface area contributed by atoms with Crippen molar-refractivity contribution in [3.63, 3.8) is 0 Å². The van der Waals surface area contributed by atoms with Crippen molar-refractivity contribution in [2.75, 3.05) is 22.6 Å². The predicted molar refractivity (Wildman–Crippen MR) is 116 cm³/mol. The average Bonchev–Trinajstić information content (AvgIpc) is 2.75. The number of benzene rings is 3. The van der Waals surface area contributed by atoms with Crippen LogP contribution in [0.15, 0.2) is 78.9 Å². The van der Waals surface area contributed by atoms with Gasteiger partial charge < -0.3 is 20.7 Å². The molecule has 3 N–H and O–H groups in total. The van der Waals surface area contributed by atoms with Crippen LogP contribution in [0.25, 0.3) is 0 Å². The maximum absolute atomic E-state index is 12.1. The Bertz CT molecular complexity index is 1020. The van der Waals surface area contributed by atoms with Crippen LogP contribution in [0.5, 0.6) is 0 Å². The molecule has 0 saturated carbocycles. The van der Waals surface area contributed by atoms with Gasteiger partial charge in [0, 0.05) is 22.1 Å². The van der Waals surface area contributed by atoms with E-state index in [0.717, 1.165) is 0 Å². The molecule has 0 spiro atoms. The molecule has 8 heteroatoms. The van der Waals surface area contributed by atoms with Gasteiger partial charge in [-0.1, -0.05) is 29.8 Å². The highest BCUT2D eigenvalue weighted by Crippen LogP contribution is 2.14. The van der Waals surface area contributed by atoms with Crippen LogP contribution in [0.3, 0.4) is 0 Å². The number of ether oxygens (including phenoxy) is 1. The summed E-state index contributed by atoms with van der Waals surface area (Å²) in [5.41, 5.74) is 1.96. The van der Waals surface area contributed by atoms with E-state index in [1.807, 2.05) is 18.2 Å². The van der Waals surface area contributed by atoms with Crippen molar-refractivity contribution in [1.82, 2.24) is 0 Å². The topological polar surface area (TPSA) is 96.5 Å². The van der Waals surface area contributed by atoms with E-state index in [1.165, 1.54) is 12.1 Å². The van der Waals surface area contributed by atoms with E-state index in [9.17, 15) is 14.4 Å². The van der Waals surface area contributed by atoms with Crippen LogP contribution in [0.1, 0.15) is 10.4 Å². The number of nitrogens with one attached hydrogen (secondary N) is 3. The van der Waals surface area contributed by atoms with E-state index in [-0.39, 0.29) is 5.56 Å². The van der Waals surface area contributed by atoms with Gasteiger partial charge in [0.2, 0.25) is 0 Å². The van der Waals surface area contributed by atoms with E-state index in [4.69, 9.17) is 16.3 Å². The molecule has 0 aliphatic rings. The summed E-state index contributed by atoms with van der Waals surface area (Å²) in [6, 6.07) is 21.3. The van der Waals surface area contributed by atoms with E-state index >= 15 is 0 Å². The normalized spacial score (nSPS) is 10.0. The molecule has 0 fully saturated rings. The van der Waals surface area contributed by atoms with Crippen molar-refractivity contribution >= 4 is 46.6 Å². The molecule has 3 aromatic carbocycles. The third-order valence-electron chi connectivity index (χ3n) is 3.87. The van der Waals surface area contributed by atoms with Crippen molar-refractivity contribution < 1.29 is 19.1 Å². The Kier molecular flexibility index (Phi) is 7.02. The molecule has 0 aromatic heterocycles. The zero-order chi connectivity index (χ0) is 21.3. The lowest BCUT2D eigenvalue weighted by Gasteiger charge is -2.09. The summed E-state index contributed by atoms with van der Waals surface area (Å²) in [4.78, 5) is 36.0. The Morgan fingerprint density at radius 2 is 1.23 bits per heavy atom. The van der Waals surface area contributed by atoms with Gasteiger partial charge in [0.1, 0.15) is 0 Å². The number of urea groups is 1. The molecule has 0 saturated heterocycles. The molecule has 0 aliphatic heterocycles. The first-order valence-corrected chi connectivity index (χ1v) is 9.33. The Hall–Kier alpha value is -3.84. The van der Waals surface area contributed by atoms with Gasteiger partial charge in [0.05, 0.1) is 5.56 Å². The van der Waals surface area contributed by atoms with Gasteiger partial charge in [-0.15, -0.1) is 0 Å². The van der Waals surface area contributed by atoms with Crippen LogP contribution in [0.4, 0.5) is 21.9 Å². The number of hydrogen-bond donors (Lipinski definition) is 3. The smallest absolute Gasteiger partial charge is 0.338 e. The molecule has 3 amide bonds. The Balaban J connectivity index is 1.46. The van der Waals surface area contributed by atoms with E-state index in [2.05, 4.69) is 16.0 Å². The first-order chi connectivity index (χ1) is 14.5. The third-order valence-corrected chi connectivity index (χ3v) is 4.12. The molecule has 0 atom stereocenters. The molecule has 0 bridgehead atoms. The molecule has 0 radical (unpaired) electrons. The monoisotopic (exact) mass is 423 g/mol. The maximum atomic E-state index is 12.1. The number of esters is 1. The van der Waals surface area contributed by atoms with Crippen LogP contribution >= 0.6 is 11.6 Å². The summed E-state index contributed by atoms with van der Waals surface area (Å²) in [6.45, 7) is -0.430. The predicted octanol–water partition coefficient (Wildman–Crippen LogP) is 4.78. The highest BCUT2D eigenvalue weighted by Gasteiger charge is 2.11. The summed E-state index contributed by atoms with van der Waals surface area (Å²) >= 11 is 5.79. The fourth-order valence-corrected chi connectivity index (χ4v) is 2.58. The summed E-state index contributed by atoms with van der Waals surface area (Å²) in [7, 11) is 0. The van der Waals surface area contributed by atoms with Crippen LogP contribution < -0.4 is 16.0 Å². The van der Waals surface area contributed by atoms with Crippen LogP contribution in [0, 0.1) is 0 Å². The van der Waals surface area contributed by atoms with E-state index < -0.39 is 24.5 Å². The number of anilines is 3. The second kappa shape index (κ2) is 10.1. The van der Waals surface area contributed by atoms with Gasteiger partial charge in [-0.3, -0.25) is 4.79 Å². The van der Waals surface area contributed by atoms with Gasteiger partial charge in [-0.25, -0.2) is 9.59 Å². The molecule has 152 valence electrons. The standard InChI is InChI=1S/C22H18ClN3O4/c23-16-8-12-18(13-9-16)24-20(27)14-30-21(28)15-6-10-19(11-7-15)26-22(29)25-17-4-2-1-3-5-17/h1-13H,14H2,(H,24,27)(H2,25,26,29). The lowest BCUT2D eigenvalue weighted by atomic mass is 10.2. The second-order valence-corrected chi connectivity index (χ2v) is 6.59. The number of hydrogen-bond acceptors (Lipinski definition) is 4. The summed E-state index contributed by atoms with van der Waals surface area (Å²) in [6.07, 6.45) is 0. The zero-order valence-electron chi connectivity index (χ0n) is 15.7. The minimum atomic E-state index is -0.651. The zero-order valence-corrected chi connectivity index (χ0v) is 16.5. The lowest BCUT2D eigenvalue weighted by molar-refractivity contribution is -0.119. The van der Waals surface area contributed by atoms with Crippen LogP contribution in [0.2, 0.25) is 5.02 Å². The first kappa shape index (κ1) is 20.9. The summed E-state index contributed by atoms with van der Waals surface area (Å²) < 4.78 is 5.01. The van der Waals surface area contributed by atoms with Crippen molar-refractivity contribution in [3.8, 4) is 0 Å². The number of rotatable bonds is 6. The van der Waals surface area contributed by atoms with Gasteiger partial charge in [-0.05, 0) is 60.7 Å². The Morgan fingerprint density at radius 3 is 1.87 bits per heavy atom. The Labute approximate surface area is 178 Å². The third kappa shape index (κ3) is 6.35. The Morgan fingerprint density at radius 1 is 0.700 bits per heavy atom. The molecule has 0 heterocycles. The maximum Gasteiger partial charge on any atom is 0.338 e. The highest BCUT2D eigenvalue weighted by molar-refractivity contribution is 6.30. The molecule has 0 unspecified atom stereocenters. The molecule has 7 nitrogen and oxygen atoms in total. The molecule has 3 rings (SSSR count). The molecular formula is C22H18ClN3O4. The van der Waals surface area contributed by atoms with Crippen molar-refractivity contribution in [3.05, 3.63) is 89.4 Å². The quantitative estimate of drug-likeness (QED) is 0.497. The van der Waals surface area contributed by atoms with Crippen molar-refractivity contribution in [2.24, 2.45) is 0 Å². The number of amides is 3. The van der Waals surface area contributed by atoms with Gasteiger partial charge in [0.25, 0.3) is 5.91 Å². The van der Waals surface area contributed by atoms with Crippen molar-refractivity contribution in [2.45, 2.75) is 0 Å². The van der Waals surface area contributed by atoms with Crippen LogP contribution in [-0.4, -0.2) is 24.5 Å². The fourth-order valence-electron chi connectivity index (χ4n) is 2.45. The molecule has 0 aliphatic carbocycles. The highest BCUT2D eigenvalue weighted by atomic mass is 35.5. The molecule has 30 heavy (non-hydrogen) atoms. The first-order valence-electron chi connectivity index (χ1n) is 8.95. The van der Waals surface area contributed by atoms with Gasteiger partial charge in [0.15, 0.2) is 6.61 Å². The fraction of sp³-hybridized carbons (Fsp3) is 0.0455. The van der Waals surface area contributed by atoms with E-state index in [0.29, 0.717) is 22.1 Å².